The number of aromatic nitrogens is 2. The van der Waals surface area contributed by atoms with Crippen molar-refractivity contribution in [2.75, 3.05) is 6.54 Å². The van der Waals surface area contributed by atoms with Crippen LogP contribution in [0.25, 0.3) is 0 Å². The van der Waals surface area contributed by atoms with Gasteiger partial charge in [-0.3, -0.25) is 14.4 Å². The predicted octanol–water partition coefficient (Wildman–Crippen LogP) is 0.138. The molecule has 0 aliphatic heterocycles. The molecule has 0 aromatic carbocycles. The number of ketones is 1. The normalized spacial score (nSPS) is 11.8. The third-order valence-corrected chi connectivity index (χ3v) is 2.64. The van der Waals surface area contributed by atoms with Gasteiger partial charge in [0, 0.05) is 38.2 Å². The summed E-state index contributed by atoms with van der Waals surface area (Å²) >= 11 is 0. The molecule has 0 fully saturated rings. The molecule has 7 heteroatoms. The number of carbonyl (C=O) groups excluding carboxylic acids is 2. The van der Waals surface area contributed by atoms with Crippen LogP contribution in [-0.2, 0) is 20.8 Å². The van der Waals surface area contributed by atoms with Crippen LogP contribution in [0.4, 0.5) is 0 Å². The third kappa shape index (κ3) is 5.33. The van der Waals surface area contributed by atoms with Crippen LogP contribution in [0.15, 0.2) is 12.5 Å². The minimum atomic E-state index is -1.14. The Bertz CT molecular complexity index is 442. The number of carboxylic acid groups (broad SMARTS) is 1. The van der Waals surface area contributed by atoms with Gasteiger partial charge in [-0.25, -0.2) is 4.98 Å². The fourth-order valence-electron chi connectivity index (χ4n) is 1.66. The van der Waals surface area contributed by atoms with E-state index in [4.69, 9.17) is 5.11 Å². The van der Waals surface area contributed by atoms with Crippen LogP contribution < -0.4 is 5.32 Å². The van der Waals surface area contributed by atoms with Crippen molar-refractivity contribution >= 4 is 17.7 Å². The zero-order valence-electron chi connectivity index (χ0n) is 10.7. The van der Waals surface area contributed by atoms with Gasteiger partial charge < -0.3 is 15.4 Å². The molecule has 1 atom stereocenters. The minimum Gasteiger partial charge on any atom is -0.481 e. The summed E-state index contributed by atoms with van der Waals surface area (Å²) < 4.78 is 0. The summed E-state index contributed by atoms with van der Waals surface area (Å²) in [4.78, 5) is 40.1. The molecule has 0 aliphatic rings. The number of imidazole rings is 1. The number of carboxylic acids is 1. The first-order valence-electron chi connectivity index (χ1n) is 5.98. The summed E-state index contributed by atoms with van der Waals surface area (Å²) in [5.74, 6) is -2.72. The molecule has 0 saturated heterocycles. The van der Waals surface area contributed by atoms with E-state index in [0.29, 0.717) is 18.7 Å². The molecule has 1 heterocycles. The maximum atomic E-state index is 11.8. The average molecular weight is 267 g/mol. The van der Waals surface area contributed by atoms with E-state index in [1.54, 1.807) is 0 Å². The number of hydrogen-bond acceptors (Lipinski definition) is 4. The van der Waals surface area contributed by atoms with Gasteiger partial charge >= 0.3 is 5.97 Å². The van der Waals surface area contributed by atoms with Crippen LogP contribution in [0.3, 0.4) is 0 Å². The molecule has 1 amide bonds. The van der Waals surface area contributed by atoms with Gasteiger partial charge in [-0.15, -0.1) is 0 Å². The van der Waals surface area contributed by atoms with E-state index in [0.717, 1.165) is 0 Å². The van der Waals surface area contributed by atoms with Crippen molar-refractivity contribution in [2.45, 2.75) is 26.2 Å². The lowest BCUT2D eigenvalue weighted by Crippen LogP contribution is -2.27. The van der Waals surface area contributed by atoms with E-state index in [2.05, 4.69) is 15.3 Å². The zero-order chi connectivity index (χ0) is 14.3. The second-order valence-electron chi connectivity index (χ2n) is 4.22. The Morgan fingerprint density at radius 2 is 2.21 bits per heavy atom. The van der Waals surface area contributed by atoms with Gasteiger partial charge in [0.1, 0.15) is 11.7 Å². The number of H-pyrrole nitrogens is 1. The third-order valence-electron chi connectivity index (χ3n) is 2.64. The van der Waals surface area contributed by atoms with Gasteiger partial charge in [-0.05, 0) is 6.42 Å². The Kier molecular flexibility index (Phi) is 5.72. The van der Waals surface area contributed by atoms with E-state index < -0.39 is 11.9 Å². The lowest BCUT2D eigenvalue weighted by Gasteiger charge is -2.10. The van der Waals surface area contributed by atoms with Crippen LogP contribution in [0.1, 0.15) is 25.5 Å². The molecule has 7 nitrogen and oxygen atoms in total. The van der Waals surface area contributed by atoms with Crippen molar-refractivity contribution in [1.82, 2.24) is 15.3 Å². The molecule has 0 spiro atoms. The number of carbonyl (C=O) groups is 3. The fourth-order valence-corrected chi connectivity index (χ4v) is 1.66. The molecule has 0 bridgehead atoms. The molecule has 0 saturated carbocycles. The number of aliphatic carboxylic acids is 1. The summed E-state index contributed by atoms with van der Waals surface area (Å²) in [6.07, 6.45) is 3.61. The molecule has 1 aromatic heterocycles. The molecule has 0 radical (unpaired) electrons. The highest BCUT2D eigenvalue weighted by molar-refractivity contribution is 5.98. The van der Waals surface area contributed by atoms with E-state index in [9.17, 15) is 14.4 Å². The molecular weight excluding hydrogens is 250 g/mol. The SMILES string of the molecule is CC(=O)NCCCC(=O)C(Cc1cnc[nH]1)C(=O)O. The lowest BCUT2D eigenvalue weighted by molar-refractivity contribution is -0.146. The Morgan fingerprint density at radius 3 is 2.74 bits per heavy atom. The zero-order valence-corrected chi connectivity index (χ0v) is 10.7. The molecule has 3 N–H and O–H groups in total. The summed E-state index contributed by atoms with van der Waals surface area (Å²) in [6.45, 7) is 1.76. The quantitative estimate of drug-likeness (QED) is 0.458. The van der Waals surface area contributed by atoms with Gasteiger partial charge in [-0.1, -0.05) is 0 Å². The number of Topliss-reactive ketones (excluding diaryl/α,β-unsaturated/α-hetero) is 1. The Hall–Kier alpha value is -2.18. The van der Waals surface area contributed by atoms with Gasteiger partial charge in [-0.2, -0.15) is 0 Å². The van der Waals surface area contributed by atoms with Crippen molar-refractivity contribution in [2.24, 2.45) is 5.92 Å². The smallest absolute Gasteiger partial charge is 0.314 e. The second kappa shape index (κ2) is 7.30. The van der Waals surface area contributed by atoms with Crippen molar-refractivity contribution in [1.29, 1.82) is 0 Å². The molecule has 1 rings (SSSR count). The molecule has 0 aliphatic carbocycles. The molecular formula is C12H17N3O4. The molecule has 19 heavy (non-hydrogen) atoms. The maximum Gasteiger partial charge on any atom is 0.314 e. The Morgan fingerprint density at radius 1 is 1.47 bits per heavy atom. The number of aromatic amines is 1. The highest BCUT2D eigenvalue weighted by atomic mass is 16.4. The van der Waals surface area contributed by atoms with Gasteiger partial charge in [0.2, 0.25) is 5.91 Å². The van der Waals surface area contributed by atoms with Gasteiger partial charge in [0.15, 0.2) is 0 Å². The summed E-state index contributed by atoms with van der Waals surface area (Å²) in [5.41, 5.74) is 0.614. The predicted molar refractivity (Wildman–Crippen MR) is 66.3 cm³/mol. The summed E-state index contributed by atoms with van der Waals surface area (Å²) in [7, 11) is 0. The number of rotatable bonds is 8. The summed E-state index contributed by atoms with van der Waals surface area (Å²) in [6, 6.07) is 0. The van der Waals surface area contributed by atoms with Crippen LogP contribution >= 0.6 is 0 Å². The molecule has 104 valence electrons. The van der Waals surface area contributed by atoms with Gasteiger partial charge in [0.05, 0.1) is 6.33 Å². The monoisotopic (exact) mass is 267 g/mol. The number of hydrogen-bond donors (Lipinski definition) is 3. The van der Waals surface area contributed by atoms with Crippen LogP contribution in [0, 0.1) is 5.92 Å². The summed E-state index contributed by atoms with van der Waals surface area (Å²) in [5, 5.41) is 11.6. The highest BCUT2D eigenvalue weighted by Crippen LogP contribution is 2.11. The number of nitrogens with one attached hydrogen (secondary N) is 2. The Balaban J connectivity index is 2.45. The molecule has 1 aromatic rings. The van der Waals surface area contributed by atoms with E-state index in [1.165, 1.54) is 19.4 Å². The minimum absolute atomic E-state index is 0.105. The van der Waals surface area contributed by atoms with Crippen molar-refractivity contribution < 1.29 is 19.5 Å². The van der Waals surface area contributed by atoms with E-state index >= 15 is 0 Å². The van der Waals surface area contributed by atoms with Crippen LogP contribution in [0.5, 0.6) is 0 Å². The van der Waals surface area contributed by atoms with Crippen molar-refractivity contribution in [3.8, 4) is 0 Å². The standard InChI is InChI=1S/C12H17N3O4/c1-8(16)14-4-2-3-11(17)10(12(18)19)5-9-6-13-7-15-9/h6-7,10H,2-5H2,1H3,(H,13,15)(H,14,16)(H,18,19). The van der Waals surface area contributed by atoms with Gasteiger partial charge in [0.25, 0.3) is 0 Å². The van der Waals surface area contributed by atoms with Crippen LogP contribution in [-0.4, -0.2) is 39.3 Å². The highest BCUT2D eigenvalue weighted by Gasteiger charge is 2.26. The Labute approximate surface area is 110 Å². The van der Waals surface area contributed by atoms with E-state index in [-0.39, 0.29) is 24.5 Å². The number of amides is 1. The van der Waals surface area contributed by atoms with Crippen molar-refractivity contribution in [3.05, 3.63) is 18.2 Å². The number of nitrogens with zero attached hydrogens (tertiary/aromatic N) is 1. The lowest BCUT2D eigenvalue weighted by atomic mass is 9.95. The first kappa shape index (κ1) is 14.9. The fraction of sp³-hybridized carbons (Fsp3) is 0.500. The first-order valence-corrected chi connectivity index (χ1v) is 5.98. The topological polar surface area (TPSA) is 112 Å². The maximum absolute atomic E-state index is 11.8. The largest absolute Gasteiger partial charge is 0.481 e. The molecule has 1 unspecified atom stereocenters. The first-order chi connectivity index (χ1) is 9.00. The van der Waals surface area contributed by atoms with Crippen LogP contribution in [0.2, 0.25) is 0 Å². The average Bonchev–Trinajstić information content (AvgIpc) is 2.83. The van der Waals surface area contributed by atoms with E-state index in [1.807, 2.05) is 0 Å². The second-order valence-corrected chi connectivity index (χ2v) is 4.22. The van der Waals surface area contributed by atoms with Crippen molar-refractivity contribution in [3.63, 3.8) is 0 Å².